The van der Waals surface area contributed by atoms with E-state index in [1.54, 1.807) is 24.3 Å². The van der Waals surface area contributed by atoms with Gasteiger partial charge in [-0.15, -0.1) is 0 Å². The zero-order valence-corrected chi connectivity index (χ0v) is 10.2. The predicted octanol–water partition coefficient (Wildman–Crippen LogP) is 0.0878. The van der Waals surface area contributed by atoms with Crippen LogP contribution in [0, 0.1) is 0 Å². The molecular formula is C13H17NO4. The van der Waals surface area contributed by atoms with Crippen molar-refractivity contribution in [3.05, 3.63) is 35.4 Å². The second-order valence-electron chi connectivity index (χ2n) is 4.30. The number of rotatable bonds is 6. The van der Waals surface area contributed by atoms with Gasteiger partial charge in [0.15, 0.2) is 0 Å². The molecule has 0 fully saturated rings. The zero-order chi connectivity index (χ0) is 13.7. The standard InChI is InChI=1S/C13H17NO4/c1-8(15)6-9-2-4-10(5-3-9)13(18)11(16)7-12(14)17/h2-5,11,13,16,18H,6-7H2,1H3,(H2,14,17). The number of aliphatic hydroxyl groups is 2. The number of primary amides is 1. The number of Topliss-reactive ketones (excluding diaryl/α,β-unsaturated/α-hetero) is 1. The highest BCUT2D eigenvalue weighted by atomic mass is 16.3. The van der Waals surface area contributed by atoms with Gasteiger partial charge in [-0.1, -0.05) is 24.3 Å². The van der Waals surface area contributed by atoms with Crippen molar-refractivity contribution in [2.24, 2.45) is 5.73 Å². The van der Waals surface area contributed by atoms with Crippen molar-refractivity contribution in [1.82, 2.24) is 0 Å². The number of carbonyl (C=O) groups is 2. The van der Waals surface area contributed by atoms with Crippen LogP contribution < -0.4 is 5.73 Å². The normalized spacial score (nSPS) is 13.9. The molecule has 1 rings (SSSR count). The molecule has 0 heterocycles. The minimum absolute atomic E-state index is 0.0528. The molecule has 1 amide bonds. The van der Waals surface area contributed by atoms with Crippen molar-refractivity contribution >= 4 is 11.7 Å². The van der Waals surface area contributed by atoms with Gasteiger partial charge in [0.05, 0.1) is 12.5 Å². The Bertz CT molecular complexity index is 427. The molecule has 0 saturated heterocycles. The first-order chi connectivity index (χ1) is 8.40. The Morgan fingerprint density at radius 1 is 1.22 bits per heavy atom. The number of hydrogen-bond acceptors (Lipinski definition) is 4. The van der Waals surface area contributed by atoms with Crippen LogP contribution in [0.3, 0.4) is 0 Å². The second kappa shape index (κ2) is 6.28. The first-order valence-corrected chi connectivity index (χ1v) is 5.63. The Hall–Kier alpha value is -1.72. The molecule has 5 nitrogen and oxygen atoms in total. The van der Waals surface area contributed by atoms with E-state index in [2.05, 4.69) is 0 Å². The van der Waals surface area contributed by atoms with E-state index in [1.807, 2.05) is 0 Å². The van der Waals surface area contributed by atoms with Gasteiger partial charge in [-0.05, 0) is 18.1 Å². The van der Waals surface area contributed by atoms with Crippen LogP contribution >= 0.6 is 0 Å². The average molecular weight is 251 g/mol. The maximum Gasteiger partial charge on any atom is 0.220 e. The van der Waals surface area contributed by atoms with Gasteiger partial charge in [-0.25, -0.2) is 0 Å². The molecule has 1 aromatic carbocycles. The minimum Gasteiger partial charge on any atom is -0.390 e. The molecule has 18 heavy (non-hydrogen) atoms. The Morgan fingerprint density at radius 3 is 2.22 bits per heavy atom. The van der Waals surface area contributed by atoms with E-state index in [-0.39, 0.29) is 12.2 Å². The van der Waals surface area contributed by atoms with Gasteiger partial charge < -0.3 is 15.9 Å². The van der Waals surface area contributed by atoms with Gasteiger partial charge >= 0.3 is 0 Å². The molecule has 0 aliphatic heterocycles. The maximum atomic E-state index is 10.9. The Labute approximate surface area is 105 Å². The van der Waals surface area contributed by atoms with Gasteiger partial charge in [0.1, 0.15) is 11.9 Å². The zero-order valence-electron chi connectivity index (χ0n) is 10.2. The van der Waals surface area contributed by atoms with Gasteiger partial charge in [-0.3, -0.25) is 9.59 Å². The van der Waals surface area contributed by atoms with E-state index < -0.39 is 18.1 Å². The fourth-order valence-corrected chi connectivity index (χ4v) is 1.66. The molecule has 98 valence electrons. The minimum atomic E-state index is -1.22. The van der Waals surface area contributed by atoms with Gasteiger partial charge in [0, 0.05) is 6.42 Å². The molecule has 2 unspecified atom stereocenters. The Morgan fingerprint density at radius 2 is 1.78 bits per heavy atom. The summed E-state index contributed by atoms with van der Waals surface area (Å²) in [6.07, 6.45) is -2.35. The summed E-state index contributed by atoms with van der Waals surface area (Å²) in [6.45, 7) is 1.50. The first kappa shape index (κ1) is 14.3. The fourth-order valence-electron chi connectivity index (χ4n) is 1.66. The van der Waals surface area contributed by atoms with E-state index in [0.717, 1.165) is 5.56 Å². The van der Waals surface area contributed by atoms with Crippen LogP contribution in [0.5, 0.6) is 0 Å². The fraction of sp³-hybridized carbons (Fsp3) is 0.385. The maximum absolute atomic E-state index is 10.9. The third-order valence-corrected chi connectivity index (χ3v) is 2.55. The van der Waals surface area contributed by atoms with Crippen LogP contribution in [0.2, 0.25) is 0 Å². The third-order valence-electron chi connectivity index (χ3n) is 2.55. The summed E-state index contributed by atoms with van der Waals surface area (Å²) in [4.78, 5) is 21.6. The lowest BCUT2D eigenvalue weighted by Crippen LogP contribution is -2.25. The Kier molecular flexibility index (Phi) is 5.00. The summed E-state index contributed by atoms with van der Waals surface area (Å²) in [5.41, 5.74) is 6.26. The largest absolute Gasteiger partial charge is 0.390 e. The van der Waals surface area contributed by atoms with Crippen LogP contribution in [-0.2, 0) is 16.0 Å². The smallest absolute Gasteiger partial charge is 0.220 e. The van der Waals surface area contributed by atoms with E-state index in [4.69, 9.17) is 5.73 Å². The molecule has 0 radical (unpaired) electrons. The third kappa shape index (κ3) is 4.27. The summed E-state index contributed by atoms with van der Waals surface area (Å²) in [5.74, 6) is -0.619. The van der Waals surface area contributed by atoms with Gasteiger partial charge in [0.2, 0.25) is 5.91 Å². The number of carbonyl (C=O) groups excluding carboxylic acids is 2. The quantitative estimate of drug-likeness (QED) is 0.666. The van der Waals surface area contributed by atoms with Crippen molar-refractivity contribution < 1.29 is 19.8 Å². The SMILES string of the molecule is CC(=O)Cc1ccc(C(O)C(O)CC(N)=O)cc1. The van der Waals surface area contributed by atoms with Crippen molar-refractivity contribution in [3.63, 3.8) is 0 Å². The van der Waals surface area contributed by atoms with Crippen LogP contribution in [0.25, 0.3) is 0 Å². The molecule has 0 saturated carbocycles. The van der Waals surface area contributed by atoms with E-state index in [1.165, 1.54) is 6.92 Å². The van der Waals surface area contributed by atoms with Crippen LogP contribution in [0.15, 0.2) is 24.3 Å². The van der Waals surface area contributed by atoms with E-state index in [9.17, 15) is 19.8 Å². The molecule has 0 aromatic heterocycles. The van der Waals surface area contributed by atoms with Gasteiger partial charge in [0.25, 0.3) is 0 Å². The summed E-state index contributed by atoms with van der Waals surface area (Å²) < 4.78 is 0. The summed E-state index contributed by atoms with van der Waals surface area (Å²) in [5, 5.41) is 19.3. The topological polar surface area (TPSA) is 101 Å². The number of hydrogen-bond donors (Lipinski definition) is 3. The summed E-state index contributed by atoms with van der Waals surface area (Å²) >= 11 is 0. The highest BCUT2D eigenvalue weighted by molar-refractivity contribution is 5.78. The molecule has 0 spiro atoms. The number of amides is 1. The Balaban J connectivity index is 2.72. The molecule has 2 atom stereocenters. The van der Waals surface area contributed by atoms with Crippen molar-refractivity contribution in [2.75, 3.05) is 0 Å². The predicted molar refractivity (Wildman–Crippen MR) is 65.6 cm³/mol. The first-order valence-electron chi connectivity index (χ1n) is 5.63. The van der Waals surface area contributed by atoms with Crippen molar-refractivity contribution in [3.8, 4) is 0 Å². The monoisotopic (exact) mass is 251 g/mol. The van der Waals surface area contributed by atoms with Crippen molar-refractivity contribution in [1.29, 1.82) is 0 Å². The lowest BCUT2D eigenvalue weighted by Gasteiger charge is -2.17. The molecule has 0 aliphatic carbocycles. The van der Waals surface area contributed by atoms with Crippen LogP contribution in [-0.4, -0.2) is 28.0 Å². The number of aliphatic hydroxyl groups excluding tert-OH is 2. The molecular weight excluding hydrogens is 234 g/mol. The number of benzene rings is 1. The van der Waals surface area contributed by atoms with Crippen LogP contribution in [0.4, 0.5) is 0 Å². The average Bonchev–Trinajstić information content (AvgIpc) is 2.27. The lowest BCUT2D eigenvalue weighted by atomic mass is 9.99. The van der Waals surface area contributed by atoms with Crippen molar-refractivity contribution in [2.45, 2.75) is 32.0 Å². The lowest BCUT2D eigenvalue weighted by molar-refractivity contribution is -0.121. The highest BCUT2D eigenvalue weighted by Crippen LogP contribution is 2.19. The number of ketones is 1. The second-order valence-corrected chi connectivity index (χ2v) is 4.30. The molecule has 5 heteroatoms. The highest BCUT2D eigenvalue weighted by Gasteiger charge is 2.20. The molecule has 4 N–H and O–H groups in total. The molecule has 1 aromatic rings. The van der Waals surface area contributed by atoms with Crippen LogP contribution in [0.1, 0.15) is 30.6 Å². The van der Waals surface area contributed by atoms with Gasteiger partial charge in [-0.2, -0.15) is 0 Å². The van der Waals surface area contributed by atoms with E-state index >= 15 is 0 Å². The molecule has 0 aliphatic rings. The van der Waals surface area contributed by atoms with E-state index in [0.29, 0.717) is 12.0 Å². The summed E-state index contributed by atoms with van der Waals surface area (Å²) in [6, 6.07) is 6.65. The summed E-state index contributed by atoms with van der Waals surface area (Å²) in [7, 11) is 0. The number of nitrogens with two attached hydrogens (primary N) is 1. The molecule has 0 bridgehead atoms.